The third-order valence-corrected chi connectivity index (χ3v) is 14.4. The van der Waals surface area contributed by atoms with Gasteiger partial charge in [0, 0.05) is 18.8 Å². The van der Waals surface area contributed by atoms with Crippen LogP contribution in [0.2, 0.25) is 0 Å². The van der Waals surface area contributed by atoms with Gasteiger partial charge in [-0.15, -0.1) is 0 Å². The standard InChI is InChI=1S/C39H47N3O6S2/c1-25-10-9-11-27(18-25)20-28-12-7-5-4-6-8-13-29-22-39(29,36(45)41-50(46,47)38(3)16-17-38)23-33(43)32-21-30(24-42(32)35(28)44)48-37-40-31-15-14-26(2)19-34(31)49-37/h8-11,13-15,18-19,28-30,32H,4-7,12,16-17,20-24H2,1-3H3,(H,41,45)/b13-8-/t28-,29+,30-,32+,39-/m1/s1. The highest BCUT2D eigenvalue weighted by molar-refractivity contribution is 7.91. The molecule has 266 valence electrons. The number of sulfonamides is 1. The molecule has 1 N–H and O–H groups in total. The predicted molar refractivity (Wildman–Crippen MR) is 194 cm³/mol. The van der Waals surface area contributed by atoms with Crippen LogP contribution >= 0.6 is 11.3 Å². The second kappa shape index (κ2) is 13.5. The van der Waals surface area contributed by atoms with Gasteiger partial charge in [0.15, 0.2) is 5.78 Å². The fraction of sp³-hybridized carbons (Fsp3) is 0.538. The minimum absolute atomic E-state index is 0.0704. The van der Waals surface area contributed by atoms with E-state index in [2.05, 4.69) is 34.0 Å². The van der Waals surface area contributed by atoms with E-state index in [4.69, 9.17) is 4.74 Å². The number of thiazole rings is 1. The van der Waals surface area contributed by atoms with Gasteiger partial charge in [-0.25, -0.2) is 13.4 Å². The molecule has 9 nitrogen and oxygen atoms in total. The van der Waals surface area contributed by atoms with E-state index in [-0.39, 0.29) is 42.9 Å². The summed E-state index contributed by atoms with van der Waals surface area (Å²) in [5.74, 6) is -1.46. The highest BCUT2D eigenvalue weighted by atomic mass is 32.2. The number of nitrogens with one attached hydrogen (secondary N) is 1. The molecule has 2 aliphatic heterocycles. The molecule has 50 heavy (non-hydrogen) atoms. The van der Waals surface area contributed by atoms with E-state index in [0.29, 0.717) is 37.3 Å². The maximum absolute atomic E-state index is 14.6. The van der Waals surface area contributed by atoms with Crippen molar-refractivity contribution < 1.29 is 27.5 Å². The van der Waals surface area contributed by atoms with E-state index >= 15 is 0 Å². The van der Waals surface area contributed by atoms with Crippen LogP contribution in [0.5, 0.6) is 5.19 Å². The van der Waals surface area contributed by atoms with Gasteiger partial charge in [0.2, 0.25) is 21.8 Å². The van der Waals surface area contributed by atoms with Crippen LogP contribution in [-0.4, -0.2) is 59.3 Å². The minimum atomic E-state index is -3.88. The number of rotatable bonds is 7. The van der Waals surface area contributed by atoms with Gasteiger partial charge < -0.3 is 9.64 Å². The fourth-order valence-electron chi connectivity index (χ4n) is 7.75. The molecule has 0 unspecified atom stereocenters. The summed E-state index contributed by atoms with van der Waals surface area (Å²) < 4.78 is 35.1. The van der Waals surface area contributed by atoms with Crippen molar-refractivity contribution in [3.05, 3.63) is 71.3 Å². The molecule has 0 spiro atoms. The number of ketones is 1. The average molecular weight is 718 g/mol. The molecule has 4 aliphatic rings. The van der Waals surface area contributed by atoms with Crippen LogP contribution in [0.4, 0.5) is 0 Å². The summed E-state index contributed by atoms with van der Waals surface area (Å²) in [4.78, 5) is 49.3. The number of hydrogen-bond donors (Lipinski definition) is 1. The van der Waals surface area contributed by atoms with Crippen molar-refractivity contribution in [3.8, 4) is 5.19 Å². The number of aromatic nitrogens is 1. The van der Waals surface area contributed by atoms with Crippen molar-refractivity contribution in [2.45, 2.75) is 108 Å². The Hall–Kier alpha value is -3.57. The Morgan fingerprint density at radius 1 is 1.08 bits per heavy atom. The number of Topliss-reactive ketones (excluding diaryl/α,β-unsaturated/α-hetero) is 1. The Morgan fingerprint density at radius 3 is 2.66 bits per heavy atom. The molecule has 3 fully saturated rings. The lowest BCUT2D eigenvalue weighted by atomic mass is 9.89. The van der Waals surface area contributed by atoms with Crippen molar-refractivity contribution in [2.24, 2.45) is 17.3 Å². The van der Waals surface area contributed by atoms with Crippen LogP contribution in [0.15, 0.2) is 54.6 Å². The van der Waals surface area contributed by atoms with Crippen molar-refractivity contribution >= 4 is 49.2 Å². The Kier molecular flexibility index (Phi) is 9.43. The van der Waals surface area contributed by atoms with Gasteiger partial charge in [0.25, 0.3) is 5.19 Å². The normalized spacial score (nSPS) is 29.0. The van der Waals surface area contributed by atoms with Gasteiger partial charge in [-0.3, -0.25) is 19.1 Å². The first-order valence-electron chi connectivity index (χ1n) is 18.0. The second-order valence-corrected chi connectivity index (χ2v) is 18.6. The number of carbonyl (C=O) groups is 3. The number of carbonyl (C=O) groups excluding carboxylic acids is 3. The Bertz CT molecular complexity index is 1950. The molecular weight excluding hydrogens is 671 g/mol. The summed E-state index contributed by atoms with van der Waals surface area (Å²) in [6.07, 6.45) is 10.1. The van der Waals surface area contributed by atoms with Crippen molar-refractivity contribution in [2.75, 3.05) is 6.54 Å². The molecule has 1 saturated heterocycles. The molecule has 2 amide bonds. The van der Waals surface area contributed by atoms with Crippen molar-refractivity contribution in [1.82, 2.24) is 14.6 Å². The number of nitrogens with zero attached hydrogens (tertiary/aromatic N) is 2. The number of hydrogen-bond acceptors (Lipinski definition) is 8. The predicted octanol–water partition coefficient (Wildman–Crippen LogP) is 6.60. The summed E-state index contributed by atoms with van der Waals surface area (Å²) in [7, 11) is -3.88. The molecule has 5 atom stereocenters. The molecule has 2 aliphatic carbocycles. The smallest absolute Gasteiger partial charge is 0.274 e. The lowest BCUT2D eigenvalue weighted by molar-refractivity contribution is -0.142. The first-order valence-corrected chi connectivity index (χ1v) is 20.3. The first-order chi connectivity index (χ1) is 23.9. The molecule has 7 rings (SSSR count). The SMILES string of the molecule is Cc1cccc(C[C@H]2CCCCC/C=C\[C@H]3C[C@@]3(C(=O)NS(=O)(=O)C3(C)CC3)CC(=O)[C@@H]3C[C@@H](Oc4nc5ccc(C)cc5s4)CN3C2=O)c1. The van der Waals surface area contributed by atoms with E-state index in [9.17, 15) is 22.8 Å². The van der Waals surface area contributed by atoms with Crippen molar-refractivity contribution in [3.63, 3.8) is 0 Å². The summed E-state index contributed by atoms with van der Waals surface area (Å²) >= 11 is 1.45. The van der Waals surface area contributed by atoms with Gasteiger partial charge in [-0.1, -0.05) is 72.2 Å². The second-order valence-electron chi connectivity index (χ2n) is 15.4. The van der Waals surface area contributed by atoms with E-state index in [1.807, 2.05) is 44.2 Å². The zero-order valence-electron chi connectivity index (χ0n) is 29.2. The molecule has 2 saturated carbocycles. The maximum atomic E-state index is 14.6. The number of amides is 2. The topological polar surface area (TPSA) is 123 Å². The third-order valence-electron chi connectivity index (χ3n) is 11.3. The monoisotopic (exact) mass is 717 g/mol. The van der Waals surface area contributed by atoms with E-state index in [1.165, 1.54) is 11.3 Å². The maximum Gasteiger partial charge on any atom is 0.274 e. The lowest BCUT2D eigenvalue weighted by Gasteiger charge is -2.29. The highest BCUT2D eigenvalue weighted by Gasteiger charge is 2.62. The summed E-state index contributed by atoms with van der Waals surface area (Å²) in [5.41, 5.74) is 3.02. The van der Waals surface area contributed by atoms with Crippen LogP contribution in [0.25, 0.3) is 10.2 Å². The van der Waals surface area contributed by atoms with Crippen LogP contribution in [0.3, 0.4) is 0 Å². The van der Waals surface area contributed by atoms with E-state index in [1.54, 1.807) is 11.8 Å². The molecular formula is C39H47N3O6S2. The summed E-state index contributed by atoms with van der Waals surface area (Å²) in [6.45, 7) is 5.96. The van der Waals surface area contributed by atoms with Gasteiger partial charge in [-0.05, 0) is 94.9 Å². The molecule has 2 aromatic carbocycles. The first kappa shape index (κ1) is 34.9. The number of ether oxygens (including phenoxy) is 1. The highest BCUT2D eigenvalue weighted by Crippen LogP contribution is 2.57. The molecule has 0 radical (unpaired) electrons. The molecule has 3 aromatic rings. The molecule has 3 heterocycles. The van der Waals surface area contributed by atoms with E-state index in [0.717, 1.165) is 52.6 Å². The van der Waals surface area contributed by atoms with Crippen LogP contribution in [0, 0.1) is 31.1 Å². The molecule has 1 aromatic heterocycles. The Morgan fingerprint density at radius 2 is 1.88 bits per heavy atom. The number of allylic oxidation sites excluding steroid dienone is 2. The zero-order valence-corrected chi connectivity index (χ0v) is 30.8. The van der Waals surface area contributed by atoms with Gasteiger partial charge in [0.05, 0.1) is 33.0 Å². The van der Waals surface area contributed by atoms with Gasteiger partial charge in [0.1, 0.15) is 6.10 Å². The van der Waals surface area contributed by atoms with Gasteiger partial charge >= 0.3 is 0 Å². The molecule has 11 heteroatoms. The number of benzene rings is 2. The van der Waals surface area contributed by atoms with E-state index < -0.39 is 38.2 Å². The minimum Gasteiger partial charge on any atom is -0.465 e. The summed E-state index contributed by atoms with van der Waals surface area (Å²) in [6, 6.07) is 13.5. The summed E-state index contributed by atoms with van der Waals surface area (Å²) in [5, 5.41) is 0.497. The average Bonchev–Trinajstić information content (AvgIpc) is 3.88. The van der Waals surface area contributed by atoms with Crippen molar-refractivity contribution in [1.29, 1.82) is 0 Å². The van der Waals surface area contributed by atoms with Crippen LogP contribution in [-0.2, 0) is 30.8 Å². The van der Waals surface area contributed by atoms with Crippen LogP contribution in [0.1, 0.15) is 87.8 Å². The largest absolute Gasteiger partial charge is 0.465 e. The zero-order chi connectivity index (χ0) is 35.3. The fourth-order valence-corrected chi connectivity index (χ4v) is 10.1. The Labute approximate surface area is 298 Å². The quantitative estimate of drug-likeness (QED) is 0.273. The lowest BCUT2D eigenvalue weighted by Crippen LogP contribution is -2.47. The third kappa shape index (κ3) is 7.13. The number of fused-ring (bicyclic) bond motifs is 3. The molecule has 0 bridgehead atoms. The Balaban J connectivity index is 1.19. The van der Waals surface area contributed by atoms with Gasteiger partial charge in [-0.2, -0.15) is 0 Å². The van der Waals surface area contributed by atoms with Crippen LogP contribution < -0.4 is 9.46 Å². The number of aryl methyl sites for hydroxylation is 2.